The van der Waals surface area contributed by atoms with Gasteiger partial charge in [-0.2, -0.15) is 0 Å². The highest BCUT2D eigenvalue weighted by atomic mass is 16.5. The minimum atomic E-state index is 0.582. The molecule has 0 bridgehead atoms. The van der Waals surface area contributed by atoms with Crippen molar-refractivity contribution in [2.75, 3.05) is 0 Å². The molecule has 189 valence electrons. The number of hydrogen-bond acceptors (Lipinski definition) is 5. The van der Waals surface area contributed by atoms with Crippen LogP contribution in [0.15, 0.2) is 128 Å². The number of nitrogens with zero attached hydrogens (tertiary/aromatic N) is 4. The molecule has 7 rings (SSSR count). The number of fused-ring (bicyclic) bond motifs is 3. The highest BCUT2D eigenvalue weighted by Gasteiger charge is 2.14. The first-order chi connectivity index (χ1) is 19.8. The van der Waals surface area contributed by atoms with Crippen LogP contribution in [0.1, 0.15) is 0 Å². The van der Waals surface area contributed by atoms with Crippen LogP contribution in [0.25, 0.3) is 61.4 Å². The van der Waals surface area contributed by atoms with Crippen molar-refractivity contribution in [3.63, 3.8) is 0 Å². The molecule has 3 aromatic carbocycles. The minimum absolute atomic E-state index is 0.582. The van der Waals surface area contributed by atoms with Crippen molar-refractivity contribution in [1.29, 1.82) is 0 Å². The van der Waals surface area contributed by atoms with Gasteiger partial charge < -0.3 is 14.2 Å². The molecule has 0 amide bonds. The average molecular weight is 517 g/mol. The maximum atomic E-state index is 9.11. The fourth-order valence-electron chi connectivity index (χ4n) is 5.16. The monoisotopic (exact) mass is 517 g/mol. The maximum absolute atomic E-state index is 9.11. The molecule has 6 nitrogen and oxygen atoms in total. The van der Waals surface area contributed by atoms with Gasteiger partial charge in [-0.1, -0.05) is 42.5 Å². The highest BCUT2D eigenvalue weighted by molar-refractivity contribution is 6.17. The summed E-state index contributed by atoms with van der Waals surface area (Å²) in [7, 11) is 0.705. The second kappa shape index (κ2) is 10.1. The van der Waals surface area contributed by atoms with Crippen molar-refractivity contribution in [2.45, 2.75) is 0 Å². The van der Waals surface area contributed by atoms with E-state index in [2.05, 4.69) is 63.1 Å². The van der Waals surface area contributed by atoms with E-state index in [9.17, 15) is 0 Å². The van der Waals surface area contributed by atoms with Crippen molar-refractivity contribution in [3.8, 4) is 45.3 Å². The molecule has 0 fully saturated rings. The lowest BCUT2D eigenvalue weighted by Crippen LogP contribution is -1.99. The molecule has 4 aromatic heterocycles. The van der Waals surface area contributed by atoms with Crippen LogP contribution in [0.3, 0.4) is 0 Å². The van der Waals surface area contributed by atoms with E-state index in [1.807, 2.05) is 66.7 Å². The summed E-state index contributed by atoms with van der Waals surface area (Å²) in [6, 6.07) is 38.5. The molecule has 1 N–H and O–H groups in total. The van der Waals surface area contributed by atoms with Gasteiger partial charge in [0.2, 0.25) is 0 Å². The first-order valence-corrected chi connectivity index (χ1v) is 12.9. The zero-order valence-corrected chi connectivity index (χ0v) is 21.3. The van der Waals surface area contributed by atoms with Gasteiger partial charge in [0, 0.05) is 28.9 Å². The summed E-state index contributed by atoms with van der Waals surface area (Å²) < 4.78 is 7.48. The molecule has 40 heavy (non-hydrogen) atoms. The van der Waals surface area contributed by atoms with E-state index in [1.165, 1.54) is 0 Å². The number of rotatable bonds is 6. The standard InChI is InChI=1S/C33H22BN4O2/c39-34-40-25-15-16-33-27(21-25)26-7-1-2-10-32(26)38(33)24-13-11-22(12-14-24)23-19-30(28-8-3-5-17-35-28)37-31(20-23)29-9-4-6-18-36-29/h1-21,39H. The number of hydrogen-bond donors (Lipinski definition) is 1. The molecule has 1 radical (unpaired) electrons. The average Bonchev–Trinajstić information content (AvgIpc) is 3.36. The SMILES string of the molecule is O[B]Oc1ccc2c(c1)c1ccccc1n2-c1ccc(-c2cc(-c3ccccn3)nc(-c3ccccn3)c2)cc1. The minimum Gasteiger partial charge on any atom is -0.537 e. The van der Waals surface area contributed by atoms with Gasteiger partial charge in [-0.3, -0.25) is 9.97 Å². The molecule has 0 saturated carbocycles. The quantitative estimate of drug-likeness (QED) is 0.244. The Kier molecular flexibility index (Phi) is 6.03. The summed E-state index contributed by atoms with van der Waals surface area (Å²) in [5, 5.41) is 11.3. The first-order valence-electron chi connectivity index (χ1n) is 12.9. The van der Waals surface area contributed by atoms with Crippen LogP contribution < -0.4 is 4.65 Å². The van der Waals surface area contributed by atoms with Gasteiger partial charge >= 0.3 is 7.69 Å². The zero-order chi connectivity index (χ0) is 26.9. The Morgan fingerprint density at radius 2 is 1.23 bits per heavy atom. The largest absolute Gasteiger partial charge is 0.569 e. The van der Waals surface area contributed by atoms with Crippen LogP contribution in [0.5, 0.6) is 5.75 Å². The summed E-state index contributed by atoms with van der Waals surface area (Å²) >= 11 is 0. The van der Waals surface area contributed by atoms with Gasteiger partial charge in [0.25, 0.3) is 0 Å². The fraction of sp³-hybridized carbons (Fsp3) is 0. The van der Waals surface area contributed by atoms with Crippen molar-refractivity contribution in [1.82, 2.24) is 19.5 Å². The zero-order valence-electron chi connectivity index (χ0n) is 21.3. The van der Waals surface area contributed by atoms with E-state index in [1.54, 1.807) is 12.4 Å². The lowest BCUT2D eigenvalue weighted by atomic mass is 10.0. The molecule has 4 heterocycles. The van der Waals surface area contributed by atoms with Crippen LogP contribution in [0.4, 0.5) is 0 Å². The van der Waals surface area contributed by atoms with E-state index in [4.69, 9.17) is 14.7 Å². The van der Waals surface area contributed by atoms with E-state index in [-0.39, 0.29) is 0 Å². The Morgan fingerprint density at radius 3 is 1.88 bits per heavy atom. The maximum Gasteiger partial charge on any atom is 0.569 e. The third-order valence-corrected chi connectivity index (χ3v) is 6.97. The summed E-state index contributed by atoms with van der Waals surface area (Å²) in [5.74, 6) is 0.582. The summed E-state index contributed by atoms with van der Waals surface area (Å²) in [6.45, 7) is 0. The van der Waals surface area contributed by atoms with Crippen LogP contribution in [-0.4, -0.2) is 32.2 Å². The smallest absolute Gasteiger partial charge is 0.537 e. The number of aromatic nitrogens is 4. The molecule has 7 heteroatoms. The lowest BCUT2D eigenvalue weighted by Gasteiger charge is -2.12. The summed E-state index contributed by atoms with van der Waals surface area (Å²) in [6.07, 6.45) is 3.56. The summed E-state index contributed by atoms with van der Waals surface area (Å²) in [5.41, 5.74) is 8.50. The van der Waals surface area contributed by atoms with Gasteiger partial charge in [0.15, 0.2) is 0 Å². The van der Waals surface area contributed by atoms with Gasteiger partial charge in [-0.05, 0) is 83.9 Å². The van der Waals surface area contributed by atoms with Crippen LogP contribution in [-0.2, 0) is 0 Å². The second-order valence-electron chi connectivity index (χ2n) is 9.36. The van der Waals surface area contributed by atoms with Crippen LogP contribution >= 0.6 is 0 Å². The van der Waals surface area contributed by atoms with Crippen molar-refractivity contribution >= 4 is 29.5 Å². The Balaban J connectivity index is 1.35. The van der Waals surface area contributed by atoms with Crippen molar-refractivity contribution in [3.05, 3.63) is 128 Å². The second-order valence-corrected chi connectivity index (χ2v) is 9.36. The van der Waals surface area contributed by atoms with Crippen molar-refractivity contribution < 1.29 is 9.68 Å². The molecular weight excluding hydrogens is 495 g/mol. The highest BCUT2D eigenvalue weighted by Crippen LogP contribution is 2.35. The molecule has 7 aromatic rings. The molecule has 0 aliphatic carbocycles. The lowest BCUT2D eigenvalue weighted by molar-refractivity contribution is 0.454. The molecule has 0 spiro atoms. The molecule has 0 unspecified atom stereocenters. The molecule has 0 saturated heterocycles. The van der Waals surface area contributed by atoms with Crippen LogP contribution in [0, 0.1) is 0 Å². The van der Waals surface area contributed by atoms with Gasteiger partial charge in [-0.25, -0.2) is 4.98 Å². The number of para-hydroxylation sites is 1. The third-order valence-electron chi connectivity index (χ3n) is 6.97. The van der Waals surface area contributed by atoms with Crippen molar-refractivity contribution in [2.24, 2.45) is 0 Å². The fourth-order valence-corrected chi connectivity index (χ4v) is 5.16. The number of benzene rings is 3. The predicted octanol–water partition coefficient (Wildman–Crippen LogP) is 6.88. The molecule has 0 atom stereocenters. The molecular formula is C33H22BN4O2. The predicted molar refractivity (Wildman–Crippen MR) is 159 cm³/mol. The van der Waals surface area contributed by atoms with Gasteiger partial charge in [0.05, 0.1) is 33.8 Å². The Labute approximate surface area is 231 Å². The first kappa shape index (κ1) is 23.8. The van der Waals surface area contributed by atoms with E-state index < -0.39 is 0 Å². The van der Waals surface area contributed by atoms with Gasteiger partial charge in [0.1, 0.15) is 5.75 Å². The van der Waals surface area contributed by atoms with Crippen LogP contribution in [0.2, 0.25) is 0 Å². The van der Waals surface area contributed by atoms with Gasteiger partial charge in [-0.15, -0.1) is 0 Å². The Morgan fingerprint density at radius 1 is 0.575 bits per heavy atom. The Hall–Kier alpha value is -5.27. The number of pyridine rings is 3. The topological polar surface area (TPSA) is 73.1 Å². The van der Waals surface area contributed by atoms with E-state index in [0.29, 0.717) is 13.4 Å². The van der Waals surface area contributed by atoms with E-state index >= 15 is 0 Å². The molecule has 0 aliphatic rings. The third kappa shape index (κ3) is 4.28. The normalized spacial score (nSPS) is 11.1. The van der Waals surface area contributed by atoms with E-state index in [0.717, 1.165) is 61.4 Å². The summed E-state index contributed by atoms with van der Waals surface area (Å²) in [4.78, 5) is 14.0. The molecule has 0 aliphatic heterocycles. The Bertz CT molecular complexity index is 1900.